The van der Waals surface area contributed by atoms with Crippen LogP contribution in [-0.4, -0.2) is 32.2 Å². The Morgan fingerprint density at radius 2 is 1.92 bits per heavy atom. The van der Waals surface area contributed by atoms with E-state index in [1.54, 1.807) is 18.2 Å². The first-order valence-corrected chi connectivity index (χ1v) is 12.7. The van der Waals surface area contributed by atoms with E-state index in [0.717, 1.165) is 17.5 Å². The third-order valence-electron chi connectivity index (χ3n) is 7.29. The van der Waals surface area contributed by atoms with E-state index in [9.17, 15) is 9.90 Å². The number of halogens is 1. The van der Waals surface area contributed by atoms with Gasteiger partial charge in [0.05, 0.1) is 0 Å². The van der Waals surface area contributed by atoms with Gasteiger partial charge >= 0.3 is 5.97 Å². The molecule has 0 saturated heterocycles. The maximum Gasteiger partial charge on any atom is 0.306 e. The van der Waals surface area contributed by atoms with Crippen molar-refractivity contribution in [3.8, 4) is 11.4 Å². The van der Waals surface area contributed by atoms with Crippen molar-refractivity contribution in [2.75, 3.05) is 0 Å². The number of aromatic nitrogens is 3. The first kappa shape index (κ1) is 26.0. The first-order chi connectivity index (χ1) is 16.9. The number of aryl methyl sites for hydroxylation is 1. The molecule has 1 aliphatic rings. The summed E-state index contributed by atoms with van der Waals surface area (Å²) in [7, 11) is 0. The second-order valence-corrected chi connectivity index (χ2v) is 11.2. The fourth-order valence-electron chi connectivity index (χ4n) is 4.57. The fourth-order valence-corrected chi connectivity index (χ4v) is 4.73. The molecular weight excluding hydrogens is 474 g/mol. The van der Waals surface area contributed by atoms with Crippen LogP contribution in [0.25, 0.3) is 16.7 Å². The lowest BCUT2D eigenvalue weighted by molar-refractivity contribution is -0.151. The van der Waals surface area contributed by atoms with Gasteiger partial charge in [-0.25, -0.2) is 0 Å². The molecule has 36 heavy (non-hydrogen) atoms. The molecule has 2 atom stereocenters. The quantitative estimate of drug-likeness (QED) is 0.369. The molecule has 6 nitrogen and oxygen atoms in total. The number of rotatable bonds is 6. The van der Waals surface area contributed by atoms with Gasteiger partial charge in [0.1, 0.15) is 28.6 Å². The third kappa shape index (κ3) is 5.05. The Hall–Kier alpha value is -3.12. The molecule has 0 aliphatic heterocycles. The largest absolute Gasteiger partial charge is 0.505 e. The molecule has 2 unspecified atom stereocenters. The lowest BCUT2D eigenvalue weighted by Crippen LogP contribution is -2.37. The highest BCUT2D eigenvalue weighted by Gasteiger charge is 2.36. The van der Waals surface area contributed by atoms with Crippen LogP contribution in [0.1, 0.15) is 65.5 Å². The maximum absolute atomic E-state index is 12.9. The van der Waals surface area contributed by atoms with Crippen LogP contribution < -0.4 is 0 Å². The van der Waals surface area contributed by atoms with E-state index in [-0.39, 0.29) is 35.1 Å². The van der Waals surface area contributed by atoms with Crippen molar-refractivity contribution in [3.63, 3.8) is 0 Å². The van der Waals surface area contributed by atoms with Crippen LogP contribution in [0.4, 0.5) is 0 Å². The summed E-state index contributed by atoms with van der Waals surface area (Å²) in [6.45, 7) is 12.4. The number of phenols is 1. The van der Waals surface area contributed by atoms with Crippen molar-refractivity contribution in [2.24, 2.45) is 5.41 Å². The molecule has 4 rings (SSSR count). The third-order valence-corrected chi connectivity index (χ3v) is 7.52. The average molecular weight is 508 g/mol. The Morgan fingerprint density at radius 1 is 1.19 bits per heavy atom. The van der Waals surface area contributed by atoms with Gasteiger partial charge in [0.15, 0.2) is 0 Å². The Kier molecular flexibility index (Phi) is 7.02. The molecule has 0 spiro atoms. The van der Waals surface area contributed by atoms with Gasteiger partial charge < -0.3 is 9.84 Å². The molecule has 0 bridgehead atoms. The monoisotopic (exact) mass is 507 g/mol. The summed E-state index contributed by atoms with van der Waals surface area (Å²) in [6.07, 6.45) is 7.30. The van der Waals surface area contributed by atoms with Crippen molar-refractivity contribution in [2.45, 2.75) is 72.3 Å². The van der Waals surface area contributed by atoms with E-state index in [2.05, 4.69) is 37.0 Å². The number of hydrogen-bond acceptors (Lipinski definition) is 5. The predicted molar refractivity (Wildman–Crippen MR) is 144 cm³/mol. The summed E-state index contributed by atoms with van der Waals surface area (Å²) in [5, 5.41) is 20.8. The van der Waals surface area contributed by atoms with Crippen molar-refractivity contribution in [1.82, 2.24) is 15.0 Å². The summed E-state index contributed by atoms with van der Waals surface area (Å²) in [5.74, 6) is -0.128. The normalized spacial score (nSPS) is 20.0. The molecule has 1 N–H and O–H groups in total. The van der Waals surface area contributed by atoms with Crippen LogP contribution in [0.5, 0.6) is 5.75 Å². The zero-order chi connectivity index (χ0) is 26.3. The Morgan fingerprint density at radius 3 is 2.61 bits per heavy atom. The van der Waals surface area contributed by atoms with Gasteiger partial charge in [-0.1, -0.05) is 70.0 Å². The molecule has 190 valence electrons. The second-order valence-electron chi connectivity index (χ2n) is 10.8. The van der Waals surface area contributed by atoms with Gasteiger partial charge in [0.2, 0.25) is 0 Å². The van der Waals surface area contributed by atoms with Crippen LogP contribution in [0.15, 0.2) is 54.1 Å². The Labute approximate surface area is 217 Å². The number of phenolic OH excluding ortho intramolecular Hbond substituents is 1. The smallest absolute Gasteiger partial charge is 0.306 e. The predicted octanol–water partition coefficient (Wildman–Crippen LogP) is 6.85. The molecule has 0 saturated carbocycles. The first-order valence-electron chi connectivity index (χ1n) is 12.4. The highest BCUT2D eigenvalue weighted by molar-refractivity contribution is 6.31. The number of aromatic hydroxyl groups is 1. The summed E-state index contributed by atoms with van der Waals surface area (Å²) in [5.41, 5.74) is 4.12. The molecule has 3 aromatic rings. The van der Waals surface area contributed by atoms with E-state index in [4.69, 9.17) is 16.3 Å². The molecular formula is C29H34ClN3O3. The van der Waals surface area contributed by atoms with Crippen LogP contribution in [0, 0.1) is 5.41 Å². The number of nitrogens with zero attached hydrogens (tertiary/aromatic N) is 3. The van der Waals surface area contributed by atoms with Gasteiger partial charge in [0.25, 0.3) is 0 Å². The van der Waals surface area contributed by atoms with E-state index in [1.807, 2.05) is 45.1 Å². The molecule has 0 radical (unpaired) electrons. The number of carbonyl (C=O) groups excluding carboxylic acids is 1. The molecule has 2 aromatic carbocycles. The van der Waals surface area contributed by atoms with Gasteiger partial charge in [-0.3, -0.25) is 4.79 Å². The number of hydrogen-bond donors (Lipinski definition) is 1. The van der Waals surface area contributed by atoms with Crippen LogP contribution in [0.2, 0.25) is 5.02 Å². The number of benzene rings is 2. The lowest BCUT2D eigenvalue weighted by atomic mass is 9.73. The standard InChI is InChI=1S/C29H34ClN3O3/c1-7-29(6)18(2)9-8-10-25(29)36-26(34)14-11-19-15-21(28(3,4)5)27(35)24(16-19)33-31-22-13-12-20(30)17-23(22)32-33/h8-10,12-13,15-17,25,35H,7,11,14H2,1-6H3. The zero-order valence-electron chi connectivity index (χ0n) is 21.8. The second kappa shape index (κ2) is 9.74. The Balaban J connectivity index is 1.60. The summed E-state index contributed by atoms with van der Waals surface area (Å²) < 4.78 is 5.92. The zero-order valence-corrected chi connectivity index (χ0v) is 22.6. The van der Waals surface area contributed by atoms with E-state index in [1.165, 1.54) is 10.4 Å². The summed E-state index contributed by atoms with van der Waals surface area (Å²) >= 11 is 6.11. The molecule has 0 fully saturated rings. The topological polar surface area (TPSA) is 77.2 Å². The minimum absolute atomic E-state index is 0.119. The molecule has 1 aromatic heterocycles. The SMILES string of the molecule is CCC1(C)C(C)=CC=CC1OC(=O)CCc1cc(-n2nc3ccc(Cl)cc3n2)c(O)c(C(C)(C)C)c1. The lowest BCUT2D eigenvalue weighted by Gasteiger charge is -2.37. The van der Waals surface area contributed by atoms with Gasteiger partial charge in [-0.15, -0.1) is 15.0 Å². The van der Waals surface area contributed by atoms with Crippen LogP contribution >= 0.6 is 11.6 Å². The molecule has 1 aliphatic carbocycles. The average Bonchev–Trinajstić information content (AvgIpc) is 3.23. The van der Waals surface area contributed by atoms with E-state index >= 15 is 0 Å². The summed E-state index contributed by atoms with van der Waals surface area (Å²) in [6, 6.07) is 9.08. The van der Waals surface area contributed by atoms with Gasteiger partial charge in [-0.2, -0.15) is 0 Å². The van der Waals surface area contributed by atoms with E-state index in [0.29, 0.717) is 28.2 Å². The van der Waals surface area contributed by atoms with Crippen molar-refractivity contribution >= 4 is 28.6 Å². The van der Waals surface area contributed by atoms with Crippen molar-refractivity contribution in [3.05, 3.63) is 70.3 Å². The van der Waals surface area contributed by atoms with Crippen LogP contribution in [0.3, 0.4) is 0 Å². The number of allylic oxidation sites excluding steroid dienone is 2. The number of esters is 1. The molecule has 0 amide bonds. The number of carbonyl (C=O) groups is 1. The fraction of sp³-hybridized carbons (Fsp3) is 0.414. The minimum atomic E-state index is -0.328. The molecule has 1 heterocycles. The Bertz CT molecular complexity index is 1370. The highest BCUT2D eigenvalue weighted by Crippen LogP contribution is 2.40. The van der Waals surface area contributed by atoms with Crippen LogP contribution in [-0.2, 0) is 21.4 Å². The molecule has 7 heteroatoms. The minimum Gasteiger partial charge on any atom is -0.505 e. The number of ether oxygens (including phenoxy) is 1. The van der Waals surface area contributed by atoms with Gasteiger partial charge in [0, 0.05) is 22.4 Å². The van der Waals surface area contributed by atoms with Crippen molar-refractivity contribution in [1.29, 1.82) is 0 Å². The highest BCUT2D eigenvalue weighted by atomic mass is 35.5. The van der Waals surface area contributed by atoms with Gasteiger partial charge in [-0.05, 0) is 61.1 Å². The number of fused-ring (bicyclic) bond motifs is 1. The van der Waals surface area contributed by atoms with Crippen molar-refractivity contribution < 1.29 is 14.6 Å². The van der Waals surface area contributed by atoms with E-state index < -0.39 is 0 Å². The summed E-state index contributed by atoms with van der Waals surface area (Å²) in [4.78, 5) is 14.3. The maximum atomic E-state index is 12.9.